The summed E-state index contributed by atoms with van der Waals surface area (Å²) in [6.45, 7) is 3.98. The van der Waals surface area contributed by atoms with Crippen molar-refractivity contribution < 1.29 is 14.4 Å². The van der Waals surface area contributed by atoms with Crippen molar-refractivity contribution in [1.82, 2.24) is 29.7 Å². The Morgan fingerprint density at radius 2 is 1.96 bits per heavy atom. The Morgan fingerprint density at radius 3 is 2.61 bits per heavy atom. The number of amides is 4. The van der Waals surface area contributed by atoms with Crippen molar-refractivity contribution in [1.29, 1.82) is 0 Å². The van der Waals surface area contributed by atoms with E-state index in [0.29, 0.717) is 38.0 Å². The standard InChI is InChI=1S/C18H24N6O4/c1-3-18(4-2)15(26)23(16(27)20-18)12-14(25)19-9-7-11-24-17(28)22-10-6-5-8-13(22)21-24/h5-6,8,10H,3-4,7,9,11-12H2,1-2H3,(H,19,25)(H,20,27). The SMILES string of the molecule is CCC1(CC)NC(=O)N(CC(=O)NCCCn2nc3ccccn3c2=O)C1=O. The second-order valence-electron chi connectivity index (χ2n) is 6.75. The molecule has 1 aliphatic heterocycles. The molecule has 0 bridgehead atoms. The number of nitrogens with one attached hydrogen (secondary N) is 2. The smallest absolute Gasteiger partial charge is 0.350 e. The van der Waals surface area contributed by atoms with Crippen molar-refractivity contribution in [3.8, 4) is 0 Å². The third kappa shape index (κ3) is 3.49. The number of nitrogens with zero attached hydrogens (tertiary/aromatic N) is 4. The van der Waals surface area contributed by atoms with Gasteiger partial charge >= 0.3 is 11.7 Å². The highest BCUT2D eigenvalue weighted by Crippen LogP contribution is 2.24. The number of carbonyl (C=O) groups excluding carboxylic acids is 3. The van der Waals surface area contributed by atoms with Crippen LogP contribution >= 0.6 is 0 Å². The van der Waals surface area contributed by atoms with Crippen LogP contribution in [0.5, 0.6) is 0 Å². The molecule has 2 aromatic rings. The number of aryl methyl sites for hydroxylation is 1. The maximum Gasteiger partial charge on any atom is 0.350 e. The van der Waals surface area contributed by atoms with E-state index >= 15 is 0 Å². The number of urea groups is 1. The Bertz CT molecular complexity index is 958. The summed E-state index contributed by atoms with van der Waals surface area (Å²) >= 11 is 0. The molecule has 2 N–H and O–H groups in total. The van der Waals surface area contributed by atoms with Gasteiger partial charge in [0.05, 0.1) is 0 Å². The minimum atomic E-state index is -0.915. The van der Waals surface area contributed by atoms with Crippen molar-refractivity contribution >= 4 is 23.5 Å². The fourth-order valence-corrected chi connectivity index (χ4v) is 3.32. The summed E-state index contributed by atoms with van der Waals surface area (Å²) in [4.78, 5) is 49.8. The first-order chi connectivity index (χ1) is 13.4. The van der Waals surface area contributed by atoms with Crippen LogP contribution in [-0.4, -0.2) is 55.6 Å². The number of aromatic nitrogens is 3. The van der Waals surface area contributed by atoms with Crippen LogP contribution in [0.15, 0.2) is 29.2 Å². The largest absolute Gasteiger partial charge is 0.354 e. The van der Waals surface area contributed by atoms with Gasteiger partial charge in [-0.3, -0.25) is 18.9 Å². The highest BCUT2D eigenvalue weighted by atomic mass is 16.2. The highest BCUT2D eigenvalue weighted by molar-refractivity contribution is 6.08. The van der Waals surface area contributed by atoms with E-state index in [0.717, 1.165) is 4.90 Å². The quantitative estimate of drug-likeness (QED) is 0.492. The molecular formula is C18H24N6O4. The van der Waals surface area contributed by atoms with Gasteiger partial charge in [0.25, 0.3) is 5.91 Å². The number of fused-ring (bicyclic) bond motifs is 1. The fourth-order valence-electron chi connectivity index (χ4n) is 3.32. The Hall–Kier alpha value is -3.17. The second kappa shape index (κ2) is 7.83. The molecule has 0 aromatic carbocycles. The summed E-state index contributed by atoms with van der Waals surface area (Å²) < 4.78 is 2.79. The Balaban J connectivity index is 1.49. The number of carbonyl (C=O) groups is 3. The maximum atomic E-state index is 12.5. The molecule has 1 saturated heterocycles. The van der Waals surface area contributed by atoms with Crippen molar-refractivity contribution in [2.45, 2.75) is 45.2 Å². The zero-order valence-corrected chi connectivity index (χ0v) is 16.0. The first kappa shape index (κ1) is 19.6. The van der Waals surface area contributed by atoms with Crippen LogP contribution in [0.4, 0.5) is 4.79 Å². The van der Waals surface area contributed by atoms with E-state index in [4.69, 9.17) is 0 Å². The molecule has 2 aromatic heterocycles. The molecule has 0 radical (unpaired) electrons. The molecule has 150 valence electrons. The molecule has 1 fully saturated rings. The highest BCUT2D eigenvalue weighted by Gasteiger charge is 2.49. The lowest BCUT2D eigenvalue weighted by Gasteiger charge is -2.22. The lowest BCUT2D eigenvalue weighted by molar-refractivity contribution is -0.135. The zero-order chi connectivity index (χ0) is 20.3. The monoisotopic (exact) mass is 388 g/mol. The van der Waals surface area contributed by atoms with Gasteiger partial charge in [0.2, 0.25) is 5.91 Å². The Labute approximate surface area is 161 Å². The number of pyridine rings is 1. The van der Waals surface area contributed by atoms with Gasteiger partial charge in [-0.05, 0) is 31.4 Å². The number of hydrogen-bond acceptors (Lipinski definition) is 5. The summed E-state index contributed by atoms with van der Waals surface area (Å²) in [7, 11) is 0. The molecule has 3 heterocycles. The van der Waals surface area contributed by atoms with Crippen molar-refractivity contribution in [3.63, 3.8) is 0 Å². The van der Waals surface area contributed by atoms with Gasteiger partial charge in [-0.15, -0.1) is 5.10 Å². The van der Waals surface area contributed by atoms with Gasteiger partial charge in [-0.1, -0.05) is 19.9 Å². The third-order valence-corrected chi connectivity index (χ3v) is 5.11. The van der Waals surface area contributed by atoms with Crippen LogP contribution in [0.2, 0.25) is 0 Å². The molecule has 4 amide bonds. The second-order valence-corrected chi connectivity index (χ2v) is 6.75. The Kier molecular flexibility index (Phi) is 5.48. The van der Waals surface area contributed by atoms with Crippen LogP contribution in [0.3, 0.4) is 0 Å². The van der Waals surface area contributed by atoms with E-state index in [-0.39, 0.29) is 18.1 Å². The molecule has 0 spiro atoms. The van der Waals surface area contributed by atoms with E-state index in [1.807, 2.05) is 13.8 Å². The van der Waals surface area contributed by atoms with Crippen LogP contribution in [0, 0.1) is 0 Å². The van der Waals surface area contributed by atoms with E-state index in [1.165, 1.54) is 9.08 Å². The molecule has 0 atom stereocenters. The number of rotatable bonds is 8. The minimum absolute atomic E-state index is 0.239. The number of imide groups is 1. The first-order valence-corrected chi connectivity index (χ1v) is 9.37. The molecule has 0 saturated carbocycles. The summed E-state index contributed by atoms with van der Waals surface area (Å²) in [5, 5.41) is 9.58. The normalized spacial score (nSPS) is 15.9. The van der Waals surface area contributed by atoms with Gasteiger partial charge in [-0.25, -0.2) is 14.3 Å². The predicted octanol–water partition coefficient (Wildman–Crippen LogP) is 0.113. The summed E-state index contributed by atoms with van der Waals surface area (Å²) in [6.07, 6.45) is 3.08. The van der Waals surface area contributed by atoms with Gasteiger partial charge in [0.15, 0.2) is 5.65 Å². The summed E-state index contributed by atoms with van der Waals surface area (Å²) in [5.41, 5.74) is -0.594. The van der Waals surface area contributed by atoms with Crippen LogP contribution in [0.1, 0.15) is 33.1 Å². The molecule has 0 unspecified atom stereocenters. The van der Waals surface area contributed by atoms with Gasteiger partial charge in [0, 0.05) is 19.3 Å². The molecule has 0 aliphatic carbocycles. The van der Waals surface area contributed by atoms with Gasteiger partial charge < -0.3 is 10.6 Å². The average Bonchev–Trinajstić information content (AvgIpc) is 3.14. The van der Waals surface area contributed by atoms with Gasteiger partial charge in [0.1, 0.15) is 12.1 Å². The van der Waals surface area contributed by atoms with Crippen LogP contribution in [-0.2, 0) is 16.1 Å². The van der Waals surface area contributed by atoms with E-state index in [1.54, 1.807) is 24.4 Å². The third-order valence-electron chi connectivity index (χ3n) is 5.11. The zero-order valence-electron chi connectivity index (χ0n) is 16.0. The average molecular weight is 388 g/mol. The molecule has 28 heavy (non-hydrogen) atoms. The fraction of sp³-hybridized carbons (Fsp3) is 0.500. The molecular weight excluding hydrogens is 364 g/mol. The van der Waals surface area contributed by atoms with E-state index in [2.05, 4.69) is 15.7 Å². The van der Waals surface area contributed by atoms with Crippen molar-refractivity contribution in [3.05, 3.63) is 34.9 Å². The van der Waals surface area contributed by atoms with E-state index < -0.39 is 17.5 Å². The molecule has 1 aliphatic rings. The topological polar surface area (TPSA) is 118 Å². The van der Waals surface area contributed by atoms with E-state index in [9.17, 15) is 19.2 Å². The van der Waals surface area contributed by atoms with Crippen molar-refractivity contribution in [2.75, 3.05) is 13.1 Å². The summed E-state index contributed by atoms with van der Waals surface area (Å²) in [5.74, 6) is -0.789. The molecule has 10 nitrogen and oxygen atoms in total. The van der Waals surface area contributed by atoms with Crippen LogP contribution in [0.25, 0.3) is 5.65 Å². The maximum absolute atomic E-state index is 12.5. The lowest BCUT2D eigenvalue weighted by atomic mass is 9.93. The van der Waals surface area contributed by atoms with Crippen LogP contribution < -0.4 is 16.3 Å². The molecule has 3 rings (SSSR count). The lowest BCUT2D eigenvalue weighted by Crippen LogP contribution is -2.46. The number of hydrogen-bond donors (Lipinski definition) is 2. The first-order valence-electron chi connectivity index (χ1n) is 9.37. The Morgan fingerprint density at radius 1 is 1.21 bits per heavy atom. The molecule has 10 heteroatoms. The summed E-state index contributed by atoms with van der Waals surface area (Å²) in [6, 6.07) is 4.75. The van der Waals surface area contributed by atoms with Gasteiger partial charge in [-0.2, -0.15) is 0 Å². The van der Waals surface area contributed by atoms with Crippen molar-refractivity contribution in [2.24, 2.45) is 0 Å². The predicted molar refractivity (Wildman–Crippen MR) is 101 cm³/mol. The minimum Gasteiger partial charge on any atom is -0.354 e.